The van der Waals surface area contributed by atoms with Crippen LogP contribution in [0.1, 0.15) is 47.1 Å². The van der Waals surface area contributed by atoms with Crippen molar-refractivity contribution in [2.45, 2.75) is 32.9 Å². The molecule has 0 amide bonds. The maximum absolute atomic E-state index is 12.7. The number of halogens is 3. The molecule has 0 unspecified atom stereocenters. The summed E-state index contributed by atoms with van der Waals surface area (Å²) < 4.78 is 43.1. The first-order valence-corrected chi connectivity index (χ1v) is 7.56. The van der Waals surface area contributed by atoms with Crippen LogP contribution >= 0.6 is 0 Å². The van der Waals surface area contributed by atoms with Crippen molar-refractivity contribution in [3.63, 3.8) is 0 Å². The number of aromatic nitrogens is 1. The molecule has 0 aliphatic heterocycles. The highest BCUT2D eigenvalue weighted by molar-refractivity contribution is 5.92. The van der Waals surface area contributed by atoms with Crippen LogP contribution in [0.15, 0.2) is 30.3 Å². The molecule has 0 N–H and O–H groups in total. The van der Waals surface area contributed by atoms with Crippen LogP contribution in [0.3, 0.4) is 0 Å². The van der Waals surface area contributed by atoms with Crippen molar-refractivity contribution in [1.82, 2.24) is 4.98 Å². The summed E-state index contributed by atoms with van der Waals surface area (Å²) in [5, 5.41) is 11.1. The summed E-state index contributed by atoms with van der Waals surface area (Å²) in [5.74, 6) is -1.26. The summed E-state index contributed by atoms with van der Waals surface area (Å²) in [7, 11) is 0. The minimum Gasteiger partial charge on any atom is -0.415 e. The SMILES string of the molecule is Cc1nc(C(F)(F)F)ccc1C(=O)Oc1cc(C(C)C)ccc1[N+](=O)[O-]. The zero-order chi connectivity index (χ0) is 19.6. The van der Waals surface area contributed by atoms with Crippen molar-refractivity contribution >= 4 is 11.7 Å². The Morgan fingerprint density at radius 1 is 1.23 bits per heavy atom. The zero-order valence-corrected chi connectivity index (χ0v) is 14.1. The molecule has 0 saturated heterocycles. The topological polar surface area (TPSA) is 82.3 Å². The molecule has 0 atom stereocenters. The Balaban J connectivity index is 2.38. The van der Waals surface area contributed by atoms with Gasteiger partial charge in [-0.15, -0.1) is 0 Å². The molecule has 26 heavy (non-hydrogen) atoms. The van der Waals surface area contributed by atoms with Crippen LogP contribution in [0.4, 0.5) is 18.9 Å². The third-order valence-corrected chi connectivity index (χ3v) is 3.65. The highest BCUT2D eigenvalue weighted by Gasteiger charge is 2.33. The van der Waals surface area contributed by atoms with Gasteiger partial charge in [0.25, 0.3) is 0 Å². The smallest absolute Gasteiger partial charge is 0.415 e. The van der Waals surface area contributed by atoms with Gasteiger partial charge in [0.1, 0.15) is 5.69 Å². The molecule has 6 nitrogen and oxygen atoms in total. The standard InChI is InChI=1S/C17H15F3N2O4/c1-9(2)11-4-6-13(22(24)25)14(8-11)26-16(23)12-5-7-15(17(18,19)20)21-10(12)3/h4-9H,1-3H3. The molecular formula is C17H15F3N2O4. The molecule has 2 rings (SSSR count). The van der Waals surface area contributed by atoms with Crippen molar-refractivity contribution < 1.29 is 27.6 Å². The van der Waals surface area contributed by atoms with Gasteiger partial charge in [0.05, 0.1) is 16.2 Å². The van der Waals surface area contributed by atoms with Crippen molar-refractivity contribution in [3.8, 4) is 5.75 Å². The van der Waals surface area contributed by atoms with E-state index in [1.165, 1.54) is 19.1 Å². The maximum atomic E-state index is 12.7. The molecule has 2 aromatic rings. The van der Waals surface area contributed by atoms with Gasteiger partial charge in [-0.1, -0.05) is 19.9 Å². The molecule has 9 heteroatoms. The lowest BCUT2D eigenvalue weighted by atomic mass is 10.0. The first kappa shape index (κ1) is 19.4. The van der Waals surface area contributed by atoms with Gasteiger partial charge in [0.15, 0.2) is 0 Å². The van der Waals surface area contributed by atoms with Crippen molar-refractivity contribution in [2.75, 3.05) is 0 Å². The predicted molar refractivity (Wildman–Crippen MR) is 86.1 cm³/mol. The molecule has 138 valence electrons. The van der Waals surface area contributed by atoms with Crippen LogP contribution in [0.2, 0.25) is 0 Å². The van der Waals surface area contributed by atoms with Crippen LogP contribution in [0, 0.1) is 17.0 Å². The molecule has 0 saturated carbocycles. The van der Waals surface area contributed by atoms with E-state index >= 15 is 0 Å². The third kappa shape index (κ3) is 4.16. The number of nitro benzene ring substituents is 1. The van der Waals surface area contributed by atoms with E-state index in [4.69, 9.17) is 4.74 Å². The Labute approximate surface area is 146 Å². The van der Waals surface area contributed by atoms with Crippen molar-refractivity contribution in [3.05, 3.63) is 63.0 Å². The van der Waals surface area contributed by atoms with E-state index in [0.717, 1.165) is 6.07 Å². The zero-order valence-electron chi connectivity index (χ0n) is 14.1. The molecule has 1 aromatic heterocycles. The minimum atomic E-state index is -4.64. The van der Waals surface area contributed by atoms with E-state index in [-0.39, 0.29) is 22.9 Å². The molecule has 1 aromatic carbocycles. The minimum absolute atomic E-state index is 0.0303. The first-order valence-electron chi connectivity index (χ1n) is 7.56. The van der Waals surface area contributed by atoms with Crippen molar-refractivity contribution in [2.24, 2.45) is 0 Å². The summed E-state index contributed by atoms with van der Waals surface area (Å²) in [6.45, 7) is 4.94. The number of hydrogen-bond acceptors (Lipinski definition) is 5. The first-order chi connectivity index (χ1) is 12.0. The Kier molecular flexibility index (Phi) is 5.29. The largest absolute Gasteiger partial charge is 0.433 e. The number of aryl methyl sites for hydroxylation is 1. The lowest BCUT2D eigenvalue weighted by Gasteiger charge is -2.11. The molecule has 0 aliphatic carbocycles. The third-order valence-electron chi connectivity index (χ3n) is 3.65. The Hall–Kier alpha value is -2.97. The van der Waals surface area contributed by atoms with Gasteiger partial charge in [-0.2, -0.15) is 13.2 Å². The fourth-order valence-electron chi connectivity index (χ4n) is 2.21. The second-order valence-electron chi connectivity index (χ2n) is 5.86. The molecule has 0 aliphatic rings. The Bertz CT molecular complexity index is 864. The molecular weight excluding hydrogens is 353 g/mol. The van der Waals surface area contributed by atoms with Crippen LogP contribution in [0.25, 0.3) is 0 Å². The second-order valence-corrected chi connectivity index (χ2v) is 5.86. The van der Waals surface area contributed by atoms with Crippen molar-refractivity contribution in [1.29, 1.82) is 0 Å². The molecule has 0 fully saturated rings. The van der Waals surface area contributed by atoms with Gasteiger partial charge < -0.3 is 4.74 Å². The molecule has 0 spiro atoms. The van der Waals surface area contributed by atoms with Gasteiger partial charge in [0, 0.05) is 6.07 Å². The van der Waals surface area contributed by atoms with Gasteiger partial charge in [-0.3, -0.25) is 10.1 Å². The maximum Gasteiger partial charge on any atom is 0.433 e. The normalized spacial score (nSPS) is 11.5. The number of carbonyl (C=O) groups excluding carboxylic acids is 1. The summed E-state index contributed by atoms with van der Waals surface area (Å²) in [6.07, 6.45) is -4.64. The van der Waals surface area contributed by atoms with Gasteiger partial charge in [-0.05, 0) is 36.6 Å². The quantitative estimate of drug-likeness (QED) is 0.339. The number of benzene rings is 1. The van der Waals surface area contributed by atoms with E-state index in [0.29, 0.717) is 11.6 Å². The van der Waals surface area contributed by atoms with Gasteiger partial charge in [-0.25, -0.2) is 9.78 Å². The van der Waals surface area contributed by atoms with Crippen LogP contribution in [-0.2, 0) is 6.18 Å². The van der Waals surface area contributed by atoms with E-state index in [1.54, 1.807) is 6.07 Å². The number of carbonyl (C=O) groups is 1. The fourth-order valence-corrected chi connectivity index (χ4v) is 2.21. The number of nitro groups is 1. The van der Waals surface area contributed by atoms with E-state index < -0.39 is 28.5 Å². The average molecular weight is 368 g/mol. The number of alkyl halides is 3. The number of hydrogen-bond donors (Lipinski definition) is 0. The number of rotatable bonds is 4. The van der Waals surface area contributed by atoms with Gasteiger partial charge >= 0.3 is 17.8 Å². The molecule has 0 radical (unpaired) electrons. The highest BCUT2D eigenvalue weighted by atomic mass is 19.4. The summed E-state index contributed by atoms with van der Waals surface area (Å²) in [4.78, 5) is 26.1. The van der Waals surface area contributed by atoms with Gasteiger partial charge in [0.2, 0.25) is 5.75 Å². The molecule has 1 heterocycles. The summed E-state index contributed by atoms with van der Waals surface area (Å²) in [5.41, 5.74) is -1.24. The lowest BCUT2D eigenvalue weighted by Crippen LogP contribution is -2.15. The highest BCUT2D eigenvalue weighted by Crippen LogP contribution is 2.32. The number of ether oxygens (including phenoxy) is 1. The number of nitrogens with zero attached hydrogens (tertiary/aromatic N) is 2. The summed E-state index contributed by atoms with van der Waals surface area (Å²) in [6, 6.07) is 5.72. The monoisotopic (exact) mass is 368 g/mol. The fraction of sp³-hybridized carbons (Fsp3) is 0.294. The predicted octanol–water partition coefficient (Wildman–Crippen LogP) is 4.66. The van der Waals surface area contributed by atoms with Crippen LogP contribution < -0.4 is 4.74 Å². The summed E-state index contributed by atoms with van der Waals surface area (Å²) >= 11 is 0. The van der Waals surface area contributed by atoms with E-state index in [2.05, 4.69) is 4.98 Å². The van der Waals surface area contributed by atoms with Crippen LogP contribution in [0.5, 0.6) is 5.75 Å². The average Bonchev–Trinajstić information content (AvgIpc) is 2.53. The second kappa shape index (κ2) is 7.11. The van der Waals surface area contributed by atoms with Crippen LogP contribution in [-0.4, -0.2) is 15.9 Å². The van der Waals surface area contributed by atoms with E-state index in [9.17, 15) is 28.1 Å². The Morgan fingerprint density at radius 2 is 1.88 bits per heavy atom. The number of esters is 1. The Morgan fingerprint density at radius 3 is 2.38 bits per heavy atom. The number of pyridine rings is 1. The lowest BCUT2D eigenvalue weighted by molar-refractivity contribution is -0.385. The molecule has 0 bridgehead atoms. The van der Waals surface area contributed by atoms with E-state index in [1.807, 2.05) is 13.8 Å².